The number of sulfonamides is 1. The first kappa shape index (κ1) is 23.8. The number of phenols is 1. The third kappa shape index (κ3) is 12.7. The number of benzene rings is 1. The maximum Gasteiger partial charge on any atom is 0.232 e. The van der Waals surface area contributed by atoms with Crippen molar-refractivity contribution in [1.82, 2.24) is 0 Å². The molecule has 2 N–H and O–H groups in total. The first-order valence-corrected chi connectivity index (χ1v) is 12.5. The van der Waals surface area contributed by atoms with Crippen molar-refractivity contribution in [2.45, 2.75) is 96.8 Å². The van der Waals surface area contributed by atoms with Gasteiger partial charge in [0.15, 0.2) is 0 Å². The van der Waals surface area contributed by atoms with Gasteiger partial charge in [0.05, 0.1) is 11.4 Å². The van der Waals surface area contributed by atoms with E-state index < -0.39 is 10.0 Å². The number of rotatable bonds is 17. The molecule has 0 unspecified atom stereocenters. The van der Waals surface area contributed by atoms with Gasteiger partial charge >= 0.3 is 0 Å². The monoisotopic (exact) mass is 397 g/mol. The summed E-state index contributed by atoms with van der Waals surface area (Å²) in [6.45, 7) is 2.26. The summed E-state index contributed by atoms with van der Waals surface area (Å²) in [5.74, 6) is 0.0707. The summed E-state index contributed by atoms with van der Waals surface area (Å²) in [6, 6.07) is 6.41. The van der Waals surface area contributed by atoms with Crippen molar-refractivity contribution in [1.29, 1.82) is 0 Å². The minimum Gasteiger partial charge on any atom is -0.506 e. The molecule has 4 nitrogen and oxygen atoms in total. The highest BCUT2D eigenvalue weighted by Crippen LogP contribution is 2.23. The van der Waals surface area contributed by atoms with Gasteiger partial charge in [0, 0.05) is 0 Å². The summed E-state index contributed by atoms with van der Waals surface area (Å²) in [5.41, 5.74) is 0.253. The zero-order valence-corrected chi connectivity index (χ0v) is 17.9. The van der Waals surface area contributed by atoms with Crippen LogP contribution in [-0.2, 0) is 10.0 Å². The number of para-hydroxylation sites is 2. The summed E-state index contributed by atoms with van der Waals surface area (Å²) in [7, 11) is -3.38. The molecule has 5 heteroatoms. The van der Waals surface area contributed by atoms with Crippen molar-refractivity contribution in [3.8, 4) is 5.75 Å². The maximum absolute atomic E-state index is 12.0. The van der Waals surface area contributed by atoms with Gasteiger partial charge in [0.1, 0.15) is 5.75 Å². The third-order valence-corrected chi connectivity index (χ3v) is 6.29. The lowest BCUT2D eigenvalue weighted by atomic mass is 10.0. The molecule has 156 valence electrons. The van der Waals surface area contributed by atoms with Crippen LogP contribution < -0.4 is 4.72 Å². The molecule has 0 aliphatic heterocycles. The van der Waals surface area contributed by atoms with Crippen molar-refractivity contribution in [3.05, 3.63) is 24.3 Å². The number of phenolic OH excluding ortho intramolecular Hbond substituents is 1. The van der Waals surface area contributed by atoms with Crippen molar-refractivity contribution in [2.75, 3.05) is 10.5 Å². The van der Waals surface area contributed by atoms with Crippen LogP contribution in [0.25, 0.3) is 0 Å². The van der Waals surface area contributed by atoms with E-state index in [1.165, 1.54) is 76.7 Å². The Morgan fingerprint density at radius 1 is 0.741 bits per heavy atom. The van der Waals surface area contributed by atoms with Crippen LogP contribution in [0.15, 0.2) is 24.3 Å². The Bertz CT molecular complexity index is 587. The molecule has 27 heavy (non-hydrogen) atoms. The highest BCUT2D eigenvalue weighted by atomic mass is 32.2. The van der Waals surface area contributed by atoms with Crippen molar-refractivity contribution in [2.24, 2.45) is 0 Å². The highest BCUT2D eigenvalue weighted by Gasteiger charge is 2.12. The lowest BCUT2D eigenvalue weighted by Gasteiger charge is -2.09. The van der Waals surface area contributed by atoms with E-state index in [4.69, 9.17) is 0 Å². The molecule has 0 aliphatic carbocycles. The topological polar surface area (TPSA) is 66.4 Å². The lowest BCUT2D eigenvalue weighted by Crippen LogP contribution is -2.16. The molecule has 0 spiro atoms. The normalized spacial score (nSPS) is 11.6. The Hall–Kier alpha value is -1.23. The van der Waals surface area contributed by atoms with Crippen LogP contribution >= 0.6 is 0 Å². The predicted molar refractivity (Wildman–Crippen MR) is 116 cm³/mol. The molecule has 0 saturated carbocycles. The van der Waals surface area contributed by atoms with Gasteiger partial charge < -0.3 is 5.11 Å². The molecule has 0 bridgehead atoms. The molecule has 1 aromatic rings. The molecule has 0 saturated heterocycles. The van der Waals surface area contributed by atoms with E-state index in [2.05, 4.69) is 11.6 Å². The van der Waals surface area contributed by atoms with Gasteiger partial charge in [-0.25, -0.2) is 8.42 Å². The third-order valence-electron chi connectivity index (χ3n) is 4.94. The molecule has 1 rings (SSSR count). The van der Waals surface area contributed by atoms with Crippen molar-refractivity contribution in [3.63, 3.8) is 0 Å². The van der Waals surface area contributed by atoms with Crippen LogP contribution in [0, 0.1) is 0 Å². The summed E-state index contributed by atoms with van der Waals surface area (Å²) in [4.78, 5) is 0. The minimum absolute atomic E-state index is 0.0398. The molecule has 0 atom stereocenters. The molecule has 0 aromatic heterocycles. The second kappa shape index (κ2) is 14.8. The standard InChI is InChI=1S/C22H39NO3S/c1-2-3-4-5-6-7-8-9-10-11-12-13-14-17-20-27(25,26)23-21-18-15-16-19-22(21)24/h15-16,18-19,23-24H,2-14,17,20H2,1H3. The quantitative estimate of drug-likeness (QED) is 0.229. The van der Waals surface area contributed by atoms with Gasteiger partial charge in [-0.1, -0.05) is 103 Å². The zero-order chi connectivity index (χ0) is 19.8. The molecule has 0 heterocycles. The average Bonchev–Trinajstić information content (AvgIpc) is 2.64. The molecular formula is C22H39NO3S. The van der Waals surface area contributed by atoms with Gasteiger partial charge in [-0.3, -0.25) is 4.72 Å². The number of nitrogens with one attached hydrogen (secondary N) is 1. The summed E-state index contributed by atoms with van der Waals surface area (Å²) in [5, 5.41) is 9.64. The number of unbranched alkanes of at least 4 members (excludes halogenated alkanes) is 13. The van der Waals surface area contributed by atoms with Crippen LogP contribution in [0.5, 0.6) is 5.75 Å². The number of aromatic hydroxyl groups is 1. The average molecular weight is 398 g/mol. The largest absolute Gasteiger partial charge is 0.506 e. The second-order valence-electron chi connectivity index (χ2n) is 7.53. The van der Waals surface area contributed by atoms with Crippen LogP contribution in [0.1, 0.15) is 96.8 Å². The Balaban J connectivity index is 1.94. The Kier molecular flexibility index (Phi) is 13.0. The Morgan fingerprint density at radius 2 is 1.19 bits per heavy atom. The second-order valence-corrected chi connectivity index (χ2v) is 9.38. The minimum atomic E-state index is -3.38. The lowest BCUT2D eigenvalue weighted by molar-refractivity contribution is 0.477. The first-order valence-electron chi connectivity index (χ1n) is 10.8. The smallest absolute Gasteiger partial charge is 0.232 e. The van der Waals surface area contributed by atoms with Crippen molar-refractivity contribution >= 4 is 15.7 Å². The van der Waals surface area contributed by atoms with Crippen molar-refractivity contribution < 1.29 is 13.5 Å². The molecule has 0 fully saturated rings. The molecule has 0 aliphatic rings. The fraction of sp³-hybridized carbons (Fsp3) is 0.727. The van der Waals surface area contributed by atoms with Crippen LogP contribution in [0.4, 0.5) is 5.69 Å². The van der Waals surface area contributed by atoms with E-state index in [1.807, 2.05) is 0 Å². The van der Waals surface area contributed by atoms with E-state index in [0.29, 0.717) is 6.42 Å². The summed E-state index contributed by atoms with van der Waals surface area (Å²) < 4.78 is 26.6. The highest BCUT2D eigenvalue weighted by molar-refractivity contribution is 7.92. The van der Waals surface area contributed by atoms with E-state index in [0.717, 1.165) is 12.8 Å². The van der Waals surface area contributed by atoms with Gasteiger partial charge in [-0.05, 0) is 18.6 Å². The molecule has 1 aromatic carbocycles. The number of hydrogen-bond donors (Lipinski definition) is 2. The summed E-state index contributed by atoms with van der Waals surface area (Å²) in [6.07, 6.45) is 17.5. The fourth-order valence-electron chi connectivity index (χ4n) is 3.27. The number of anilines is 1. The van der Waals surface area contributed by atoms with Gasteiger partial charge in [0.25, 0.3) is 0 Å². The van der Waals surface area contributed by atoms with Gasteiger partial charge in [-0.15, -0.1) is 0 Å². The van der Waals surface area contributed by atoms with Crippen LogP contribution in [-0.4, -0.2) is 19.3 Å². The summed E-state index contributed by atoms with van der Waals surface area (Å²) >= 11 is 0. The first-order chi connectivity index (χ1) is 13.0. The van der Waals surface area contributed by atoms with Crippen LogP contribution in [0.3, 0.4) is 0 Å². The van der Waals surface area contributed by atoms with E-state index in [9.17, 15) is 13.5 Å². The van der Waals surface area contributed by atoms with Crippen LogP contribution in [0.2, 0.25) is 0 Å². The van der Waals surface area contributed by atoms with E-state index in [1.54, 1.807) is 18.2 Å². The SMILES string of the molecule is CCCCCCCCCCCCCCCCS(=O)(=O)Nc1ccccc1O. The molecule has 0 amide bonds. The maximum atomic E-state index is 12.0. The number of hydrogen-bond acceptors (Lipinski definition) is 3. The predicted octanol–water partition coefficient (Wildman–Crippen LogP) is 6.62. The Morgan fingerprint density at radius 3 is 1.67 bits per heavy atom. The van der Waals surface area contributed by atoms with E-state index >= 15 is 0 Å². The zero-order valence-electron chi connectivity index (χ0n) is 17.1. The molecular weight excluding hydrogens is 358 g/mol. The molecule has 0 radical (unpaired) electrons. The fourth-order valence-corrected chi connectivity index (χ4v) is 4.46. The van der Waals surface area contributed by atoms with E-state index in [-0.39, 0.29) is 17.2 Å². The Labute approximate surface area is 166 Å². The van der Waals surface area contributed by atoms with Gasteiger partial charge in [0.2, 0.25) is 10.0 Å². The van der Waals surface area contributed by atoms with Gasteiger partial charge in [-0.2, -0.15) is 0 Å².